The van der Waals surface area contributed by atoms with E-state index in [0.29, 0.717) is 25.2 Å². The minimum atomic E-state index is -0.772. The zero-order valence-corrected chi connectivity index (χ0v) is 15.1. The van der Waals surface area contributed by atoms with Crippen molar-refractivity contribution in [3.8, 4) is 0 Å². The molecule has 0 spiro atoms. The van der Waals surface area contributed by atoms with Gasteiger partial charge in [-0.15, -0.1) is 0 Å². The summed E-state index contributed by atoms with van der Waals surface area (Å²) in [4.78, 5) is 28.9. The summed E-state index contributed by atoms with van der Waals surface area (Å²) in [7, 11) is 0. The number of carbonyl (C=O) groups is 2. The van der Waals surface area contributed by atoms with Crippen LogP contribution in [0.25, 0.3) is 0 Å². The third kappa shape index (κ3) is 4.95. The normalized spacial score (nSPS) is 21.3. The number of ether oxygens (including phenoxy) is 1. The van der Waals surface area contributed by atoms with Crippen LogP contribution < -0.4 is 10.6 Å². The number of hydrogen-bond donors (Lipinski definition) is 3. The molecule has 0 radical (unpaired) electrons. The summed E-state index contributed by atoms with van der Waals surface area (Å²) in [5, 5.41) is 16.2. The lowest BCUT2D eigenvalue weighted by molar-refractivity contribution is -0.137. The van der Waals surface area contributed by atoms with Crippen molar-refractivity contribution in [3.05, 3.63) is 29.8 Å². The number of carboxylic acids is 1. The molecule has 9 heteroatoms. The first-order valence-corrected chi connectivity index (χ1v) is 9.01. The molecular weight excluding hydrogens is 350 g/mol. The highest BCUT2D eigenvalue weighted by Gasteiger charge is 2.34. The number of anilines is 1. The second-order valence-corrected chi connectivity index (χ2v) is 6.86. The summed E-state index contributed by atoms with van der Waals surface area (Å²) < 4.78 is 5.50. The summed E-state index contributed by atoms with van der Waals surface area (Å²) in [5.41, 5.74) is 6.80. The van der Waals surface area contributed by atoms with Gasteiger partial charge in [0, 0.05) is 50.5 Å². The molecule has 1 atom stereocenters. The maximum absolute atomic E-state index is 12.2. The van der Waals surface area contributed by atoms with Gasteiger partial charge in [-0.05, 0) is 24.3 Å². The van der Waals surface area contributed by atoms with Gasteiger partial charge in [0.1, 0.15) is 11.9 Å². The minimum Gasteiger partial charge on any atom is -0.481 e. The number of piperazine rings is 1. The van der Waals surface area contributed by atoms with Crippen LogP contribution in [0.15, 0.2) is 24.3 Å². The summed E-state index contributed by atoms with van der Waals surface area (Å²) in [6.45, 7) is 5.04. The molecular formula is C18H25N5O4. The van der Waals surface area contributed by atoms with Crippen LogP contribution in [0.5, 0.6) is 0 Å². The lowest BCUT2D eigenvalue weighted by atomic mass is 10.2. The SMILES string of the molecule is N=C(N)c1ccc(N2C[C@@H](CN3CCN(CCC(=O)O)CC3)OC2=O)cc1. The van der Waals surface area contributed by atoms with Gasteiger partial charge >= 0.3 is 12.1 Å². The second-order valence-electron chi connectivity index (χ2n) is 6.86. The first-order valence-electron chi connectivity index (χ1n) is 9.01. The van der Waals surface area contributed by atoms with Crippen molar-refractivity contribution in [3.63, 3.8) is 0 Å². The molecule has 1 aromatic rings. The molecule has 9 nitrogen and oxygen atoms in total. The number of hydrogen-bond acceptors (Lipinski definition) is 6. The Hall–Kier alpha value is -2.65. The molecule has 3 rings (SSSR count). The Labute approximate surface area is 157 Å². The Kier molecular flexibility index (Phi) is 5.92. The number of carboxylic acid groups (broad SMARTS) is 1. The number of carbonyl (C=O) groups excluding carboxylic acids is 1. The monoisotopic (exact) mass is 375 g/mol. The number of cyclic esters (lactones) is 1. The maximum atomic E-state index is 12.2. The van der Waals surface area contributed by atoms with Gasteiger partial charge in [0.05, 0.1) is 13.0 Å². The molecule has 146 valence electrons. The first kappa shape index (κ1) is 19.1. The van der Waals surface area contributed by atoms with E-state index in [4.69, 9.17) is 21.0 Å². The predicted octanol–water partition coefficient (Wildman–Crippen LogP) is 0.388. The molecule has 2 fully saturated rings. The number of benzene rings is 1. The highest BCUT2D eigenvalue weighted by molar-refractivity contribution is 5.96. The van der Waals surface area contributed by atoms with Crippen LogP contribution in [0.1, 0.15) is 12.0 Å². The Bertz CT molecular complexity index is 700. The molecule has 2 aliphatic heterocycles. The molecule has 1 amide bonds. The number of aliphatic carboxylic acids is 1. The van der Waals surface area contributed by atoms with Crippen molar-refractivity contribution >= 4 is 23.6 Å². The van der Waals surface area contributed by atoms with Crippen LogP contribution in [0.4, 0.5) is 10.5 Å². The standard InChI is InChI=1S/C18H25N5O4/c19-17(20)13-1-3-14(4-2-13)23-12-15(27-18(23)26)11-22-9-7-21(8-10-22)6-5-16(24)25/h1-4,15H,5-12H2,(H3,19,20)(H,24,25)/t15-/m1/s1. The van der Waals surface area contributed by atoms with Crippen LogP contribution in [0, 0.1) is 5.41 Å². The molecule has 1 aromatic carbocycles. The molecule has 0 bridgehead atoms. The van der Waals surface area contributed by atoms with E-state index in [9.17, 15) is 9.59 Å². The lowest BCUT2D eigenvalue weighted by Gasteiger charge is -2.35. The Morgan fingerprint density at radius 3 is 2.41 bits per heavy atom. The van der Waals surface area contributed by atoms with Crippen molar-refractivity contribution in [2.75, 3.05) is 50.7 Å². The lowest BCUT2D eigenvalue weighted by Crippen LogP contribution is -2.49. The predicted molar refractivity (Wildman–Crippen MR) is 100 cm³/mol. The number of nitrogens with two attached hydrogens (primary N) is 1. The van der Waals surface area contributed by atoms with E-state index >= 15 is 0 Å². The summed E-state index contributed by atoms with van der Waals surface area (Å²) in [6.07, 6.45) is -0.399. The number of amides is 1. The average Bonchev–Trinajstić information content (AvgIpc) is 3.01. The highest BCUT2D eigenvalue weighted by Crippen LogP contribution is 2.22. The van der Waals surface area contributed by atoms with E-state index in [0.717, 1.165) is 31.9 Å². The van der Waals surface area contributed by atoms with Gasteiger partial charge in [-0.2, -0.15) is 0 Å². The van der Waals surface area contributed by atoms with Crippen molar-refractivity contribution in [2.24, 2.45) is 5.73 Å². The molecule has 2 aliphatic rings. The molecule has 0 aromatic heterocycles. The van der Waals surface area contributed by atoms with Crippen LogP contribution in [0.2, 0.25) is 0 Å². The fraction of sp³-hybridized carbons (Fsp3) is 0.500. The maximum Gasteiger partial charge on any atom is 0.414 e. The minimum absolute atomic E-state index is 0.00841. The van der Waals surface area contributed by atoms with Gasteiger partial charge in [-0.3, -0.25) is 20.0 Å². The number of amidine groups is 1. The van der Waals surface area contributed by atoms with Crippen LogP contribution in [-0.2, 0) is 9.53 Å². The first-order chi connectivity index (χ1) is 12.9. The Morgan fingerprint density at radius 1 is 1.19 bits per heavy atom. The molecule has 2 saturated heterocycles. The third-order valence-corrected chi connectivity index (χ3v) is 4.93. The number of nitrogen functional groups attached to an aromatic ring is 1. The van der Waals surface area contributed by atoms with Crippen molar-refractivity contribution in [1.29, 1.82) is 5.41 Å². The number of rotatable bonds is 7. The van der Waals surface area contributed by atoms with Crippen molar-refractivity contribution in [2.45, 2.75) is 12.5 Å². The van der Waals surface area contributed by atoms with E-state index in [-0.39, 0.29) is 24.5 Å². The van der Waals surface area contributed by atoms with E-state index in [1.807, 2.05) is 0 Å². The van der Waals surface area contributed by atoms with E-state index in [1.54, 1.807) is 29.2 Å². The smallest absolute Gasteiger partial charge is 0.414 e. The summed E-state index contributed by atoms with van der Waals surface area (Å²) in [6, 6.07) is 6.96. The Morgan fingerprint density at radius 2 is 1.81 bits per heavy atom. The van der Waals surface area contributed by atoms with Gasteiger partial charge < -0.3 is 20.5 Å². The van der Waals surface area contributed by atoms with Crippen LogP contribution in [-0.4, -0.2) is 84.7 Å². The van der Waals surface area contributed by atoms with Crippen LogP contribution >= 0.6 is 0 Å². The quantitative estimate of drug-likeness (QED) is 0.465. The molecule has 27 heavy (non-hydrogen) atoms. The third-order valence-electron chi connectivity index (χ3n) is 4.93. The van der Waals surface area contributed by atoms with Gasteiger partial charge in [-0.1, -0.05) is 0 Å². The van der Waals surface area contributed by atoms with E-state index < -0.39 is 5.97 Å². The molecule has 0 saturated carbocycles. The molecule has 0 unspecified atom stereocenters. The van der Waals surface area contributed by atoms with Crippen molar-refractivity contribution < 1.29 is 19.4 Å². The summed E-state index contributed by atoms with van der Waals surface area (Å²) >= 11 is 0. The van der Waals surface area contributed by atoms with Gasteiger partial charge in [0.25, 0.3) is 0 Å². The van der Waals surface area contributed by atoms with Crippen LogP contribution in [0.3, 0.4) is 0 Å². The fourth-order valence-corrected chi connectivity index (χ4v) is 3.39. The number of nitrogens with one attached hydrogen (secondary N) is 1. The Balaban J connectivity index is 1.48. The van der Waals surface area contributed by atoms with Gasteiger partial charge in [0.2, 0.25) is 0 Å². The zero-order chi connectivity index (χ0) is 19.4. The molecule has 0 aliphatic carbocycles. The van der Waals surface area contributed by atoms with Gasteiger partial charge in [0.15, 0.2) is 0 Å². The van der Waals surface area contributed by atoms with E-state index in [2.05, 4.69) is 9.80 Å². The van der Waals surface area contributed by atoms with Crippen molar-refractivity contribution in [1.82, 2.24) is 9.80 Å². The van der Waals surface area contributed by atoms with E-state index in [1.165, 1.54) is 0 Å². The molecule has 2 heterocycles. The average molecular weight is 375 g/mol. The summed E-state index contributed by atoms with van der Waals surface area (Å²) in [5.74, 6) is -0.780. The molecule has 4 N–H and O–H groups in total. The van der Waals surface area contributed by atoms with Gasteiger partial charge in [-0.25, -0.2) is 4.79 Å². The highest BCUT2D eigenvalue weighted by atomic mass is 16.6. The fourth-order valence-electron chi connectivity index (χ4n) is 3.39. The second kappa shape index (κ2) is 8.36. The number of nitrogens with zero attached hydrogens (tertiary/aromatic N) is 3. The largest absolute Gasteiger partial charge is 0.481 e. The zero-order valence-electron chi connectivity index (χ0n) is 15.1. The topological polar surface area (TPSA) is 123 Å².